The molecule has 3 rings (SSSR count). The van der Waals surface area contributed by atoms with Crippen LogP contribution in [-0.2, 0) is 11.3 Å². The smallest absolute Gasteiger partial charge is 0.310 e. The van der Waals surface area contributed by atoms with Gasteiger partial charge in [-0.3, -0.25) is 9.69 Å². The number of hydrogen-bond acceptors (Lipinski definition) is 3. The summed E-state index contributed by atoms with van der Waals surface area (Å²) in [7, 11) is 0. The van der Waals surface area contributed by atoms with E-state index in [2.05, 4.69) is 17.0 Å². The molecule has 1 unspecified atom stereocenters. The second-order valence-electron chi connectivity index (χ2n) is 6.22. The van der Waals surface area contributed by atoms with Crippen molar-refractivity contribution in [3.8, 4) is 10.4 Å². The van der Waals surface area contributed by atoms with Crippen LogP contribution in [0.2, 0.25) is 10.0 Å². The molecule has 1 aliphatic rings. The molecule has 0 radical (unpaired) electrons. The van der Waals surface area contributed by atoms with Crippen molar-refractivity contribution in [2.24, 2.45) is 5.41 Å². The van der Waals surface area contributed by atoms with Crippen molar-refractivity contribution in [2.45, 2.75) is 19.9 Å². The van der Waals surface area contributed by atoms with Gasteiger partial charge < -0.3 is 5.11 Å². The lowest BCUT2D eigenvalue weighted by atomic mass is 9.90. The zero-order chi connectivity index (χ0) is 16.6. The monoisotopic (exact) mass is 369 g/mol. The van der Waals surface area contributed by atoms with E-state index in [-0.39, 0.29) is 0 Å². The molecule has 122 valence electrons. The number of aliphatic carboxylic acids is 1. The van der Waals surface area contributed by atoms with E-state index in [1.54, 1.807) is 17.4 Å². The molecule has 0 saturated carbocycles. The molecular formula is C17H17Cl2NO2S. The lowest BCUT2D eigenvalue weighted by Gasteiger charge is -2.19. The zero-order valence-electron chi connectivity index (χ0n) is 12.7. The molecule has 0 spiro atoms. The molecular weight excluding hydrogens is 353 g/mol. The highest BCUT2D eigenvalue weighted by Gasteiger charge is 2.40. The molecule has 1 fully saturated rings. The average Bonchev–Trinajstić information content (AvgIpc) is 3.10. The maximum absolute atomic E-state index is 11.3. The average molecular weight is 370 g/mol. The van der Waals surface area contributed by atoms with E-state index < -0.39 is 11.4 Å². The zero-order valence-corrected chi connectivity index (χ0v) is 15.0. The Balaban J connectivity index is 1.71. The number of likely N-dealkylation sites (tertiary alicyclic amines) is 1. The van der Waals surface area contributed by atoms with Gasteiger partial charge in [0.25, 0.3) is 0 Å². The molecule has 2 heterocycles. The summed E-state index contributed by atoms with van der Waals surface area (Å²) in [6.07, 6.45) is 0.702. The number of carboxylic acids is 1. The fourth-order valence-corrected chi connectivity index (χ4v) is 4.20. The first-order valence-electron chi connectivity index (χ1n) is 7.37. The van der Waals surface area contributed by atoms with Gasteiger partial charge in [0, 0.05) is 22.8 Å². The molecule has 0 amide bonds. The van der Waals surface area contributed by atoms with Gasteiger partial charge in [-0.25, -0.2) is 0 Å². The van der Waals surface area contributed by atoms with Crippen molar-refractivity contribution in [3.63, 3.8) is 0 Å². The van der Waals surface area contributed by atoms with Crippen molar-refractivity contribution < 1.29 is 9.90 Å². The van der Waals surface area contributed by atoms with Gasteiger partial charge in [0.15, 0.2) is 0 Å². The van der Waals surface area contributed by atoms with Crippen molar-refractivity contribution in [2.75, 3.05) is 13.1 Å². The summed E-state index contributed by atoms with van der Waals surface area (Å²) in [4.78, 5) is 15.9. The molecule has 1 N–H and O–H groups in total. The molecule has 0 bridgehead atoms. The van der Waals surface area contributed by atoms with Crippen LogP contribution in [0.5, 0.6) is 0 Å². The second kappa shape index (κ2) is 6.44. The van der Waals surface area contributed by atoms with Gasteiger partial charge >= 0.3 is 5.97 Å². The van der Waals surface area contributed by atoms with Crippen LogP contribution in [0.3, 0.4) is 0 Å². The Morgan fingerprint density at radius 1 is 1.30 bits per heavy atom. The number of carbonyl (C=O) groups is 1. The lowest BCUT2D eigenvalue weighted by Crippen LogP contribution is -2.31. The topological polar surface area (TPSA) is 40.5 Å². The second-order valence-corrected chi connectivity index (χ2v) is 8.20. The van der Waals surface area contributed by atoms with E-state index in [0.717, 1.165) is 23.5 Å². The van der Waals surface area contributed by atoms with Gasteiger partial charge in [-0.15, -0.1) is 11.3 Å². The van der Waals surface area contributed by atoms with Gasteiger partial charge in [-0.1, -0.05) is 29.3 Å². The molecule has 1 saturated heterocycles. The number of thiophene rings is 1. The highest BCUT2D eigenvalue weighted by Crippen LogP contribution is 2.35. The van der Waals surface area contributed by atoms with E-state index in [1.165, 1.54) is 4.88 Å². The summed E-state index contributed by atoms with van der Waals surface area (Å²) in [5.74, 6) is -0.706. The van der Waals surface area contributed by atoms with Crippen LogP contribution in [0.15, 0.2) is 30.3 Å². The van der Waals surface area contributed by atoms with Crippen molar-refractivity contribution >= 4 is 40.5 Å². The first-order valence-corrected chi connectivity index (χ1v) is 8.94. The third-order valence-corrected chi connectivity index (χ3v) is 6.17. The van der Waals surface area contributed by atoms with Gasteiger partial charge in [0.1, 0.15) is 0 Å². The lowest BCUT2D eigenvalue weighted by molar-refractivity contribution is -0.147. The summed E-state index contributed by atoms with van der Waals surface area (Å²) in [6.45, 7) is 4.03. The van der Waals surface area contributed by atoms with Crippen molar-refractivity contribution in [1.82, 2.24) is 4.90 Å². The molecule has 1 aliphatic heterocycles. The Bertz CT molecular complexity index is 746. The molecule has 1 aromatic carbocycles. The third-order valence-electron chi connectivity index (χ3n) is 4.31. The fourth-order valence-electron chi connectivity index (χ4n) is 2.85. The Morgan fingerprint density at radius 2 is 2.09 bits per heavy atom. The first-order chi connectivity index (χ1) is 10.9. The van der Waals surface area contributed by atoms with E-state index in [1.807, 2.05) is 19.1 Å². The van der Waals surface area contributed by atoms with Gasteiger partial charge in [0.2, 0.25) is 0 Å². The van der Waals surface area contributed by atoms with Crippen molar-refractivity contribution in [3.05, 3.63) is 45.3 Å². The molecule has 0 aliphatic carbocycles. The normalized spacial score (nSPS) is 21.7. The summed E-state index contributed by atoms with van der Waals surface area (Å²) in [5, 5.41) is 10.4. The van der Waals surface area contributed by atoms with E-state index >= 15 is 0 Å². The van der Waals surface area contributed by atoms with E-state index in [0.29, 0.717) is 23.0 Å². The summed E-state index contributed by atoms with van der Waals surface area (Å²) in [6, 6.07) is 9.81. The van der Waals surface area contributed by atoms with Crippen LogP contribution in [0.1, 0.15) is 18.2 Å². The predicted molar refractivity (Wildman–Crippen MR) is 95.4 cm³/mol. The van der Waals surface area contributed by atoms with Crippen molar-refractivity contribution in [1.29, 1.82) is 0 Å². The highest BCUT2D eigenvalue weighted by molar-refractivity contribution is 7.15. The molecule has 1 atom stereocenters. The van der Waals surface area contributed by atoms with Crippen LogP contribution < -0.4 is 0 Å². The van der Waals surface area contributed by atoms with Gasteiger partial charge in [-0.2, -0.15) is 0 Å². The SMILES string of the molecule is CC1(C(=O)O)CCN(Cc2ccc(-c3ccc(Cl)c(Cl)c3)s2)C1. The highest BCUT2D eigenvalue weighted by atomic mass is 35.5. The Kier molecular flexibility index (Phi) is 4.70. The van der Waals surface area contributed by atoms with Gasteiger partial charge in [0.05, 0.1) is 15.5 Å². The quantitative estimate of drug-likeness (QED) is 0.822. The Labute approximate surface area is 149 Å². The van der Waals surface area contributed by atoms with Crippen LogP contribution in [0.4, 0.5) is 0 Å². The third kappa shape index (κ3) is 3.56. The van der Waals surface area contributed by atoms with E-state index in [4.69, 9.17) is 23.2 Å². The molecule has 1 aromatic heterocycles. The number of hydrogen-bond donors (Lipinski definition) is 1. The van der Waals surface area contributed by atoms with Crippen LogP contribution in [0, 0.1) is 5.41 Å². The maximum atomic E-state index is 11.3. The minimum Gasteiger partial charge on any atom is -0.481 e. The Morgan fingerprint density at radius 3 is 2.74 bits per heavy atom. The summed E-state index contributed by atoms with van der Waals surface area (Å²) < 4.78 is 0. The van der Waals surface area contributed by atoms with Gasteiger partial charge in [-0.05, 0) is 49.7 Å². The van der Waals surface area contributed by atoms with Crippen LogP contribution in [0.25, 0.3) is 10.4 Å². The number of carboxylic acid groups (broad SMARTS) is 1. The number of benzene rings is 1. The van der Waals surface area contributed by atoms with E-state index in [9.17, 15) is 9.90 Å². The minimum absolute atomic E-state index is 0.552. The molecule has 6 heteroatoms. The predicted octanol–water partition coefficient (Wildman–Crippen LogP) is 5.02. The van der Waals surface area contributed by atoms with Crippen LogP contribution in [-0.4, -0.2) is 29.1 Å². The molecule has 23 heavy (non-hydrogen) atoms. The largest absolute Gasteiger partial charge is 0.481 e. The number of nitrogens with zero attached hydrogens (tertiary/aromatic N) is 1. The fraction of sp³-hybridized carbons (Fsp3) is 0.353. The Hall–Kier alpha value is -1.07. The maximum Gasteiger partial charge on any atom is 0.310 e. The number of halogens is 2. The first kappa shape index (κ1) is 16.8. The molecule has 3 nitrogen and oxygen atoms in total. The summed E-state index contributed by atoms with van der Waals surface area (Å²) >= 11 is 13.7. The molecule has 2 aromatic rings. The number of rotatable bonds is 4. The standard InChI is InChI=1S/C17H17Cl2NO2S/c1-17(16(21)22)6-7-20(10-17)9-12-3-5-15(23-12)11-2-4-13(18)14(19)8-11/h2-5,8H,6-7,9-10H2,1H3,(H,21,22). The minimum atomic E-state index is -0.706. The summed E-state index contributed by atoms with van der Waals surface area (Å²) in [5.41, 5.74) is 0.427. The van der Waals surface area contributed by atoms with Crippen LogP contribution >= 0.6 is 34.5 Å².